The van der Waals surface area contributed by atoms with Crippen LogP contribution in [0.25, 0.3) is 0 Å². The second-order valence-electron chi connectivity index (χ2n) is 4.66. The zero-order valence-corrected chi connectivity index (χ0v) is 11.3. The van der Waals surface area contributed by atoms with Crippen LogP contribution in [0.1, 0.15) is 31.3 Å². The average molecular weight is 254 g/mol. The summed E-state index contributed by atoms with van der Waals surface area (Å²) in [5, 5.41) is 2.81. The van der Waals surface area contributed by atoms with Crippen LogP contribution < -0.4 is 11.1 Å². The zero-order chi connectivity index (χ0) is 13.6. The summed E-state index contributed by atoms with van der Waals surface area (Å²) in [4.78, 5) is 15.9. The minimum absolute atomic E-state index is 0.196. The van der Waals surface area contributed by atoms with Crippen molar-refractivity contribution < 1.29 is 9.53 Å². The Morgan fingerprint density at radius 3 is 2.94 bits per heavy atom. The van der Waals surface area contributed by atoms with Crippen molar-refractivity contribution >= 4 is 5.91 Å². The van der Waals surface area contributed by atoms with Crippen LogP contribution in [-0.2, 0) is 11.3 Å². The van der Waals surface area contributed by atoms with Crippen LogP contribution in [-0.4, -0.2) is 40.8 Å². The number of carbonyl (C=O) groups excluding carboxylic acids is 1. The minimum atomic E-state index is -0.371. The normalized spacial score (nSPS) is 11.6. The van der Waals surface area contributed by atoms with Gasteiger partial charge in [-0.3, -0.25) is 4.79 Å². The Kier molecular flexibility index (Phi) is 5.30. The first kappa shape index (κ1) is 14.7. The molecule has 6 heteroatoms. The lowest BCUT2D eigenvalue weighted by Gasteiger charge is -2.24. The zero-order valence-electron chi connectivity index (χ0n) is 11.3. The number of hydrogen-bond acceptors (Lipinski definition) is 4. The van der Waals surface area contributed by atoms with Gasteiger partial charge in [-0.2, -0.15) is 0 Å². The predicted molar refractivity (Wildman–Crippen MR) is 69.3 cm³/mol. The van der Waals surface area contributed by atoms with Crippen LogP contribution >= 0.6 is 0 Å². The number of ether oxygens (including phenoxy) is 1. The highest BCUT2D eigenvalue weighted by atomic mass is 16.5. The van der Waals surface area contributed by atoms with Gasteiger partial charge < -0.3 is 20.4 Å². The van der Waals surface area contributed by atoms with Crippen molar-refractivity contribution in [2.75, 3.05) is 19.7 Å². The molecule has 0 aromatic carbocycles. The summed E-state index contributed by atoms with van der Waals surface area (Å²) in [5.74, 6) is -0.196. The second kappa shape index (κ2) is 6.51. The van der Waals surface area contributed by atoms with Gasteiger partial charge in [-0.15, -0.1) is 0 Å². The smallest absolute Gasteiger partial charge is 0.271 e. The van der Waals surface area contributed by atoms with Gasteiger partial charge in [-0.1, -0.05) is 0 Å². The number of nitrogens with one attached hydrogen (secondary N) is 1. The highest BCUT2D eigenvalue weighted by Crippen LogP contribution is 2.07. The van der Waals surface area contributed by atoms with E-state index >= 15 is 0 Å². The highest BCUT2D eigenvalue weighted by Gasteiger charge is 2.19. The molecule has 0 saturated carbocycles. The Bertz CT molecular complexity index is 387. The Labute approximate surface area is 108 Å². The number of amides is 1. The van der Waals surface area contributed by atoms with E-state index in [0.29, 0.717) is 31.9 Å². The maximum Gasteiger partial charge on any atom is 0.271 e. The van der Waals surface area contributed by atoms with Gasteiger partial charge in [0.05, 0.1) is 11.9 Å². The maximum absolute atomic E-state index is 11.8. The fraction of sp³-hybridized carbons (Fsp3) is 0.667. The summed E-state index contributed by atoms with van der Waals surface area (Å²) in [7, 11) is 0. The van der Waals surface area contributed by atoms with Crippen LogP contribution in [0.5, 0.6) is 0 Å². The molecule has 0 unspecified atom stereocenters. The fourth-order valence-corrected chi connectivity index (χ4v) is 1.57. The van der Waals surface area contributed by atoms with Gasteiger partial charge in [0.2, 0.25) is 0 Å². The number of aromatic nitrogens is 2. The van der Waals surface area contributed by atoms with Gasteiger partial charge in [0.25, 0.3) is 5.91 Å². The summed E-state index contributed by atoms with van der Waals surface area (Å²) in [6.45, 7) is 8.04. The van der Waals surface area contributed by atoms with Gasteiger partial charge in [0, 0.05) is 32.4 Å². The molecule has 1 rings (SSSR count). The molecule has 0 aliphatic carbocycles. The van der Waals surface area contributed by atoms with Gasteiger partial charge in [0.15, 0.2) is 0 Å². The van der Waals surface area contributed by atoms with Crippen LogP contribution in [0.4, 0.5) is 0 Å². The molecule has 1 heterocycles. The lowest BCUT2D eigenvalue weighted by molar-refractivity contribution is -0.00818. The molecule has 18 heavy (non-hydrogen) atoms. The number of carbonyl (C=O) groups is 1. The number of nitrogens with zero attached hydrogens (tertiary/aromatic N) is 2. The van der Waals surface area contributed by atoms with E-state index in [-0.39, 0.29) is 11.5 Å². The Balaban J connectivity index is 2.49. The van der Waals surface area contributed by atoms with E-state index in [1.165, 1.54) is 0 Å². The van der Waals surface area contributed by atoms with Gasteiger partial charge in [-0.05, 0) is 20.8 Å². The SMILES string of the molecule is CCOC(C)(C)CNC(=O)c1cn(CCN)cn1. The minimum Gasteiger partial charge on any atom is -0.374 e. The van der Waals surface area contributed by atoms with Crippen molar-refractivity contribution in [3.63, 3.8) is 0 Å². The second-order valence-corrected chi connectivity index (χ2v) is 4.66. The Morgan fingerprint density at radius 1 is 1.61 bits per heavy atom. The summed E-state index contributed by atoms with van der Waals surface area (Å²) in [5.41, 5.74) is 5.46. The molecule has 1 amide bonds. The molecular formula is C12H22N4O2. The lowest BCUT2D eigenvalue weighted by Crippen LogP contribution is -2.40. The quantitative estimate of drug-likeness (QED) is 0.737. The molecule has 0 spiro atoms. The van der Waals surface area contributed by atoms with Gasteiger partial charge in [0.1, 0.15) is 5.69 Å². The first-order valence-electron chi connectivity index (χ1n) is 6.12. The first-order chi connectivity index (χ1) is 8.48. The third-order valence-corrected chi connectivity index (χ3v) is 2.46. The highest BCUT2D eigenvalue weighted by molar-refractivity contribution is 5.92. The molecular weight excluding hydrogens is 232 g/mol. The molecule has 0 atom stereocenters. The van der Waals surface area contributed by atoms with E-state index in [9.17, 15) is 4.79 Å². The monoisotopic (exact) mass is 254 g/mol. The van der Waals surface area contributed by atoms with E-state index in [1.807, 2.05) is 20.8 Å². The molecule has 0 bridgehead atoms. The average Bonchev–Trinajstić information content (AvgIpc) is 2.75. The van der Waals surface area contributed by atoms with E-state index in [1.54, 1.807) is 17.1 Å². The van der Waals surface area contributed by atoms with Crippen LogP contribution in [0, 0.1) is 0 Å². The molecule has 1 aromatic rings. The topological polar surface area (TPSA) is 82.2 Å². The van der Waals surface area contributed by atoms with E-state index in [4.69, 9.17) is 10.5 Å². The molecule has 0 radical (unpaired) electrons. The summed E-state index contributed by atoms with van der Waals surface area (Å²) >= 11 is 0. The Morgan fingerprint density at radius 2 is 2.33 bits per heavy atom. The molecule has 0 saturated heterocycles. The van der Waals surface area contributed by atoms with Crippen LogP contribution in [0.2, 0.25) is 0 Å². The van der Waals surface area contributed by atoms with Gasteiger partial charge in [-0.25, -0.2) is 4.98 Å². The fourth-order valence-electron chi connectivity index (χ4n) is 1.57. The third-order valence-electron chi connectivity index (χ3n) is 2.46. The summed E-state index contributed by atoms with van der Waals surface area (Å²) in [6, 6.07) is 0. The third kappa shape index (κ3) is 4.46. The largest absolute Gasteiger partial charge is 0.374 e. The Hall–Kier alpha value is -1.40. The molecule has 3 N–H and O–H groups in total. The van der Waals surface area contributed by atoms with Gasteiger partial charge >= 0.3 is 0 Å². The predicted octanol–water partition coefficient (Wildman–Crippen LogP) is 0.387. The van der Waals surface area contributed by atoms with Crippen LogP contribution in [0.15, 0.2) is 12.5 Å². The van der Waals surface area contributed by atoms with Crippen molar-refractivity contribution in [3.8, 4) is 0 Å². The first-order valence-corrected chi connectivity index (χ1v) is 6.12. The van der Waals surface area contributed by atoms with Crippen molar-refractivity contribution in [2.24, 2.45) is 5.73 Å². The molecule has 102 valence electrons. The van der Waals surface area contributed by atoms with E-state index < -0.39 is 0 Å². The number of hydrogen-bond donors (Lipinski definition) is 2. The summed E-state index contributed by atoms with van der Waals surface area (Å²) < 4.78 is 7.30. The van der Waals surface area contributed by atoms with E-state index in [2.05, 4.69) is 10.3 Å². The molecule has 0 aliphatic rings. The number of imidazole rings is 1. The molecule has 6 nitrogen and oxygen atoms in total. The van der Waals surface area contributed by atoms with Crippen molar-refractivity contribution in [3.05, 3.63) is 18.2 Å². The molecule has 0 aliphatic heterocycles. The van der Waals surface area contributed by atoms with Crippen molar-refractivity contribution in [1.82, 2.24) is 14.9 Å². The standard InChI is InChI=1S/C12H22N4O2/c1-4-18-12(2,3)8-14-11(17)10-7-16(6-5-13)9-15-10/h7,9H,4-6,8,13H2,1-3H3,(H,14,17). The molecule has 1 aromatic heterocycles. The number of nitrogens with two attached hydrogens (primary N) is 1. The lowest BCUT2D eigenvalue weighted by atomic mass is 10.1. The maximum atomic E-state index is 11.8. The van der Waals surface area contributed by atoms with Crippen molar-refractivity contribution in [2.45, 2.75) is 32.9 Å². The number of rotatable bonds is 7. The van der Waals surface area contributed by atoms with Crippen molar-refractivity contribution in [1.29, 1.82) is 0 Å². The van der Waals surface area contributed by atoms with E-state index in [0.717, 1.165) is 0 Å². The summed E-state index contributed by atoms with van der Waals surface area (Å²) in [6.07, 6.45) is 3.30. The molecule has 0 fully saturated rings. The van der Waals surface area contributed by atoms with Crippen LogP contribution in [0.3, 0.4) is 0 Å².